The number of nitrogens with zero attached hydrogens (tertiary/aromatic N) is 1. The summed E-state index contributed by atoms with van der Waals surface area (Å²) in [5.74, 6) is 7.71. The number of methoxy groups -OCH3 is 1. The van der Waals surface area contributed by atoms with Crippen molar-refractivity contribution in [3.05, 3.63) is 29.3 Å². The molecule has 3 heteroatoms. The van der Waals surface area contributed by atoms with Crippen molar-refractivity contribution in [2.75, 3.05) is 20.2 Å². The van der Waals surface area contributed by atoms with Gasteiger partial charge in [-0.2, -0.15) is 0 Å². The van der Waals surface area contributed by atoms with Gasteiger partial charge in [-0.1, -0.05) is 25.7 Å². The molecular weight excluding hydrogens is 260 g/mol. The van der Waals surface area contributed by atoms with Gasteiger partial charge in [0, 0.05) is 24.7 Å². The van der Waals surface area contributed by atoms with Crippen molar-refractivity contribution < 1.29 is 4.74 Å². The van der Waals surface area contributed by atoms with Crippen LogP contribution in [0.5, 0.6) is 5.75 Å². The first-order valence-corrected chi connectivity index (χ1v) is 7.74. The highest BCUT2D eigenvalue weighted by Gasteiger charge is 2.29. The molecule has 0 aromatic heterocycles. The number of ether oxygens (including phenoxy) is 1. The predicted molar refractivity (Wildman–Crippen MR) is 87.2 cm³/mol. The van der Waals surface area contributed by atoms with E-state index < -0.39 is 0 Å². The average Bonchev–Trinajstić information content (AvgIpc) is 3.29. The Kier molecular flexibility index (Phi) is 5.67. The second-order valence-electron chi connectivity index (χ2n) is 6.08. The summed E-state index contributed by atoms with van der Waals surface area (Å²) in [6.45, 7) is 7.01. The second-order valence-corrected chi connectivity index (χ2v) is 6.08. The molecule has 114 valence electrons. The van der Waals surface area contributed by atoms with Crippen molar-refractivity contribution in [3.8, 4) is 17.6 Å². The average molecular weight is 286 g/mol. The first-order chi connectivity index (χ1) is 10.1. The number of benzene rings is 1. The summed E-state index contributed by atoms with van der Waals surface area (Å²) in [7, 11) is 1.71. The Labute approximate surface area is 128 Å². The number of hydrogen-bond acceptors (Lipinski definition) is 3. The van der Waals surface area contributed by atoms with E-state index in [1.54, 1.807) is 7.11 Å². The van der Waals surface area contributed by atoms with Gasteiger partial charge in [-0.25, -0.2) is 0 Å². The maximum atomic E-state index is 5.50. The zero-order valence-electron chi connectivity index (χ0n) is 13.4. The van der Waals surface area contributed by atoms with E-state index in [9.17, 15) is 0 Å². The summed E-state index contributed by atoms with van der Waals surface area (Å²) in [5, 5.41) is 0. The van der Waals surface area contributed by atoms with Gasteiger partial charge in [-0.3, -0.25) is 4.90 Å². The number of hydrogen-bond donors (Lipinski definition) is 1. The molecule has 1 aliphatic carbocycles. The summed E-state index contributed by atoms with van der Waals surface area (Å²) in [5.41, 5.74) is 7.80. The highest BCUT2D eigenvalue weighted by Crippen LogP contribution is 2.30. The van der Waals surface area contributed by atoms with Gasteiger partial charge in [-0.05, 0) is 42.5 Å². The van der Waals surface area contributed by atoms with Crippen LogP contribution in [-0.4, -0.2) is 31.1 Å². The zero-order valence-corrected chi connectivity index (χ0v) is 13.4. The van der Waals surface area contributed by atoms with E-state index in [1.165, 1.54) is 18.4 Å². The van der Waals surface area contributed by atoms with Gasteiger partial charge in [0.05, 0.1) is 13.7 Å². The monoisotopic (exact) mass is 286 g/mol. The fraction of sp³-hybridized carbons (Fsp3) is 0.556. The van der Waals surface area contributed by atoms with Gasteiger partial charge in [0.1, 0.15) is 5.75 Å². The Morgan fingerprint density at radius 2 is 2.14 bits per heavy atom. The minimum absolute atomic E-state index is 0.393. The molecule has 1 aromatic rings. The lowest BCUT2D eigenvalue weighted by molar-refractivity contribution is 0.225. The topological polar surface area (TPSA) is 38.5 Å². The fourth-order valence-corrected chi connectivity index (χ4v) is 2.57. The lowest BCUT2D eigenvalue weighted by Gasteiger charge is -2.25. The van der Waals surface area contributed by atoms with Gasteiger partial charge in [0.2, 0.25) is 0 Å². The van der Waals surface area contributed by atoms with E-state index in [4.69, 9.17) is 10.5 Å². The smallest absolute Gasteiger partial charge is 0.119 e. The molecule has 2 N–H and O–H groups in total. The molecule has 0 atom stereocenters. The molecule has 0 amide bonds. The molecule has 0 bridgehead atoms. The fourth-order valence-electron chi connectivity index (χ4n) is 2.57. The predicted octanol–water partition coefficient (Wildman–Crippen LogP) is 2.63. The number of rotatable bonds is 6. The van der Waals surface area contributed by atoms with Crippen molar-refractivity contribution in [3.63, 3.8) is 0 Å². The first kappa shape index (κ1) is 15.9. The van der Waals surface area contributed by atoms with Crippen LogP contribution in [0.2, 0.25) is 0 Å². The molecule has 1 aromatic carbocycles. The summed E-state index contributed by atoms with van der Waals surface area (Å²) < 4.78 is 5.36. The molecule has 0 spiro atoms. The molecule has 0 aliphatic heterocycles. The van der Waals surface area contributed by atoms with E-state index in [0.717, 1.165) is 30.4 Å². The first-order valence-electron chi connectivity index (χ1n) is 7.74. The molecule has 2 rings (SSSR count). The maximum Gasteiger partial charge on any atom is 0.119 e. The van der Waals surface area contributed by atoms with E-state index in [2.05, 4.69) is 36.7 Å². The van der Waals surface area contributed by atoms with E-state index in [1.807, 2.05) is 12.1 Å². The molecule has 1 aliphatic rings. The Morgan fingerprint density at radius 3 is 2.71 bits per heavy atom. The molecular formula is C18H26N2O. The molecule has 0 radical (unpaired) electrons. The molecule has 1 fully saturated rings. The van der Waals surface area contributed by atoms with Gasteiger partial charge < -0.3 is 10.5 Å². The van der Waals surface area contributed by atoms with Crippen molar-refractivity contribution >= 4 is 0 Å². The lowest BCUT2D eigenvalue weighted by Crippen LogP contribution is -2.29. The Morgan fingerprint density at radius 1 is 1.38 bits per heavy atom. The number of nitrogens with two attached hydrogens (primary N) is 1. The third-order valence-corrected chi connectivity index (χ3v) is 3.67. The van der Waals surface area contributed by atoms with Crippen LogP contribution in [-0.2, 0) is 6.54 Å². The van der Waals surface area contributed by atoms with Crippen LogP contribution in [0.1, 0.15) is 37.8 Å². The normalized spacial score (nSPS) is 14.2. The summed E-state index contributed by atoms with van der Waals surface area (Å²) in [4.78, 5) is 2.58. The van der Waals surface area contributed by atoms with Crippen LogP contribution in [0.3, 0.4) is 0 Å². The van der Waals surface area contributed by atoms with Crippen molar-refractivity contribution in [2.45, 2.75) is 39.3 Å². The summed E-state index contributed by atoms with van der Waals surface area (Å²) in [6.07, 6.45) is 2.64. The molecule has 0 heterocycles. The zero-order chi connectivity index (χ0) is 15.2. The van der Waals surface area contributed by atoms with Crippen LogP contribution < -0.4 is 10.5 Å². The highest BCUT2D eigenvalue weighted by atomic mass is 16.5. The summed E-state index contributed by atoms with van der Waals surface area (Å²) >= 11 is 0. The van der Waals surface area contributed by atoms with E-state index in [0.29, 0.717) is 12.5 Å². The standard InChI is InChI=1S/C18H26N2O/c1-14(2)12-20(17-7-8-17)13-16-11-18(21-3)9-6-15(16)5-4-10-19/h6,9,11,14,17H,7-8,10,12-13,19H2,1-3H3. The minimum Gasteiger partial charge on any atom is -0.497 e. The minimum atomic E-state index is 0.393. The molecule has 1 saturated carbocycles. The maximum absolute atomic E-state index is 5.50. The van der Waals surface area contributed by atoms with Gasteiger partial charge in [0.25, 0.3) is 0 Å². The van der Waals surface area contributed by atoms with Crippen LogP contribution in [0.4, 0.5) is 0 Å². The third kappa shape index (κ3) is 4.77. The van der Waals surface area contributed by atoms with Crippen LogP contribution in [0, 0.1) is 17.8 Å². The Hall–Kier alpha value is -1.50. The van der Waals surface area contributed by atoms with Crippen LogP contribution in [0.25, 0.3) is 0 Å². The second kappa shape index (κ2) is 7.49. The quantitative estimate of drug-likeness (QED) is 0.817. The van der Waals surface area contributed by atoms with Crippen molar-refractivity contribution in [1.82, 2.24) is 4.90 Å². The van der Waals surface area contributed by atoms with Gasteiger partial charge in [0.15, 0.2) is 0 Å². The van der Waals surface area contributed by atoms with E-state index >= 15 is 0 Å². The SMILES string of the molecule is COc1ccc(C#CCN)c(CN(CC(C)C)C2CC2)c1. The molecule has 0 saturated heterocycles. The molecule has 0 unspecified atom stereocenters. The van der Waals surface area contributed by atoms with Crippen molar-refractivity contribution in [2.24, 2.45) is 11.7 Å². The molecule has 3 nitrogen and oxygen atoms in total. The van der Waals surface area contributed by atoms with Gasteiger partial charge in [-0.15, -0.1) is 0 Å². The van der Waals surface area contributed by atoms with Crippen LogP contribution in [0.15, 0.2) is 18.2 Å². The summed E-state index contributed by atoms with van der Waals surface area (Å²) in [6, 6.07) is 6.86. The largest absolute Gasteiger partial charge is 0.497 e. The van der Waals surface area contributed by atoms with Crippen molar-refractivity contribution in [1.29, 1.82) is 0 Å². The highest BCUT2D eigenvalue weighted by molar-refractivity contribution is 5.45. The lowest BCUT2D eigenvalue weighted by atomic mass is 10.1. The third-order valence-electron chi connectivity index (χ3n) is 3.67. The van der Waals surface area contributed by atoms with Crippen LogP contribution >= 0.6 is 0 Å². The molecule has 21 heavy (non-hydrogen) atoms. The van der Waals surface area contributed by atoms with Gasteiger partial charge >= 0.3 is 0 Å². The Balaban J connectivity index is 2.22. The van der Waals surface area contributed by atoms with E-state index in [-0.39, 0.29) is 0 Å². The Bertz CT molecular complexity index is 524.